The van der Waals surface area contributed by atoms with Gasteiger partial charge in [-0.05, 0) is 54.5 Å². The van der Waals surface area contributed by atoms with Gasteiger partial charge in [-0.2, -0.15) is 10.4 Å². The smallest absolute Gasteiger partial charge is 0.266 e. The molecule has 32 heavy (non-hydrogen) atoms. The predicted molar refractivity (Wildman–Crippen MR) is 125 cm³/mol. The van der Waals surface area contributed by atoms with Gasteiger partial charge in [-0.3, -0.25) is 9.78 Å². The lowest BCUT2D eigenvalue weighted by Crippen LogP contribution is -2.13. The summed E-state index contributed by atoms with van der Waals surface area (Å²) < 4.78 is 1.73. The number of para-hydroxylation sites is 1. The molecule has 0 aliphatic carbocycles. The zero-order chi connectivity index (χ0) is 22.3. The highest BCUT2D eigenvalue weighted by molar-refractivity contribution is 6.10. The summed E-state index contributed by atoms with van der Waals surface area (Å²) in [7, 11) is 0. The molecular formula is C26H21N5O. The fraction of sp³-hybridized carbons (Fsp3) is 0.0769. The Morgan fingerprint density at radius 1 is 1.06 bits per heavy atom. The van der Waals surface area contributed by atoms with Crippen LogP contribution >= 0.6 is 0 Å². The summed E-state index contributed by atoms with van der Waals surface area (Å²) in [6.45, 7) is 2.07. The number of hydrogen-bond donors (Lipinski definition) is 1. The number of rotatable bonds is 6. The normalized spacial score (nSPS) is 11.1. The molecular weight excluding hydrogens is 398 g/mol. The Kier molecular flexibility index (Phi) is 6.19. The van der Waals surface area contributed by atoms with Crippen molar-refractivity contribution < 1.29 is 4.79 Å². The number of aryl methyl sites for hydroxylation is 1. The van der Waals surface area contributed by atoms with Crippen molar-refractivity contribution in [2.75, 3.05) is 5.32 Å². The Balaban J connectivity index is 1.70. The van der Waals surface area contributed by atoms with E-state index in [4.69, 9.17) is 5.10 Å². The first-order valence-electron chi connectivity index (χ1n) is 10.3. The maximum absolute atomic E-state index is 12.8. The molecule has 4 aromatic rings. The number of benzene rings is 2. The van der Waals surface area contributed by atoms with Gasteiger partial charge in [0.1, 0.15) is 17.3 Å². The second-order valence-electron chi connectivity index (χ2n) is 7.12. The molecule has 156 valence electrons. The van der Waals surface area contributed by atoms with E-state index in [1.54, 1.807) is 23.2 Å². The number of aromatic nitrogens is 3. The van der Waals surface area contributed by atoms with Crippen LogP contribution < -0.4 is 5.32 Å². The van der Waals surface area contributed by atoms with Crippen LogP contribution in [-0.2, 0) is 11.2 Å². The van der Waals surface area contributed by atoms with Crippen LogP contribution in [0.15, 0.2) is 90.9 Å². The van der Waals surface area contributed by atoms with Crippen molar-refractivity contribution in [3.63, 3.8) is 0 Å². The molecule has 0 atom stereocenters. The van der Waals surface area contributed by atoms with Crippen molar-refractivity contribution in [2.24, 2.45) is 0 Å². The van der Waals surface area contributed by atoms with Crippen LogP contribution in [0.4, 0.5) is 5.69 Å². The van der Waals surface area contributed by atoms with Gasteiger partial charge in [0.2, 0.25) is 0 Å². The van der Waals surface area contributed by atoms with Gasteiger partial charge in [0.15, 0.2) is 0 Å². The van der Waals surface area contributed by atoms with Gasteiger partial charge in [0.25, 0.3) is 5.91 Å². The van der Waals surface area contributed by atoms with E-state index in [0.717, 1.165) is 17.7 Å². The lowest BCUT2D eigenvalue weighted by Gasteiger charge is -2.05. The average Bonchev–Trinajstić information content (AvgIpc) is 3.28. The highest BCUT2D eigenvalue weighted by atomic mass is 16.1. The summed E-state index contributed by atoms with van der Waals surface area (Å²) in [6, 6.07) is 23.0. The van der Waals surface area contributed by atoms with Crippen LogP contribution in [0, 0.1) is 11.3 Å². The first kappa shape index (κ1) is 20.8. The second kappa shape index (κ2) is 9.54. The molecule has 6 heteroatoms. The lowest BCUT2D eigenvalue weighted by molar-refractivity contribution is -0.112. The molecule has 1 amide bonds. The molecule has 2 aromatic carbocycles. The number of nitrogens with one attached hydrogen (secondary N) is 1. The third-order valence-corrected chi connectivity index (χ3v) is 5.00. The molecule has 0 fully saturated rings. The zero-order valence-corrected chi connectivity index (χ0v) is 17.6. The minimum atomic E-state index is -0.468. The van der Waals surface area contributed by atoms with Gasteiger partial charge >= 0.3 is 0 Å². The van der Waals surface area contributed by atoms with Gasteiger partial charge in [-0.25, -0.2) is 4.68 Å². The second-order valence-corrected chi connectivity index (χ2v) is 7.12. The maximum atomic E-state index is 12.8. The van der Waals surface area contributed by atoms with Gasteiger partial charge in [-0.15, -0.1) is 0 Å². The molecule has 6 nitrogen and oxygen atoms in total. The third kappa shape index (κ3) is 4.63. The van der Waals surface area contributed by atoms with E-state index >= 15 is 0 Å². The molecule has 0 aliphatic rings. The molecule has 2 aromatic heterocycles. The van der Waals surface area contributed by atoms with Crippen LogP contribution in [0.2, 0.25) is 0 Å². The van der Waals surface area contributed by atoms with E-state index in [0.29, 0.717) is 16.9 Å². The van der Waals surface area contributed by atoms with Crippen molar-refractivity contribution >= 4 is 17.7 Å². The topological polar surface area (TPSA) is 83.6 Å². The Morgan fingerprint density at radius 2 is 1.78 bits per heavy atom. The summed E-state index contributed by atoms with van der Waals surface area (Å²) in [5.74, 6) is -0.468. The fourth-order valence-electron chi connectivity index (χ4n) is 3.27. The molecule has 1 N–H and O–H groups in total. The van der Waals surface area contributed by atoms with Crippen LogP contribution in [0.1, 0.15) is 18.1 Å². The molecule has 0 bridgehead atoms. The standard InChI is InChI=1S/C26H21N5O/c1-2-19-8-10-23(11-9-19)29-26(32)21(17-27)16-22-18-31(24-6-4-3-5-7-24)30-25(22)20-12-14-28-15-13-20/h3-16,18H,2H2,1H3,(H,29,32)/b21-16+. The van der Waals surface area contributed by atoms with E-state index in [1.807, 2.05) is 79.0 Å². The quantitative estimate of drug-likeness (QED) is 0.350. The van der Waals surface area contributed by atoms with Crippen LogP contribution in [0.3, 0.4) is 0 Å². The molecule has 0 aliphatic heterocycles. The highest BCUT2D eigenvalue weighted by Crippen LogP contribution is 2.25. The van der Waals surface area contributed by atoms with E-state index < -0.39 is 5.91 Å². The number of amides is 1. The van der Waals surface area contributed by atoms with Crippen LogP contribution in [0.25, 0.3) is 23.0 Å². The summed E-state index contributed by atoms with van der Waals surface area (Å²) in [4.78, 5) is 16.9. The van der Waals surface area contributed by atoms with E-state index in [1.165, 1.54) is 5.56 Å². The maximum Gasteiger partial charge on any atom is 0.266 e. The Morgan fingerprint density at radius 3 is 2.44 bits per heavy atom. The lowest BCUT2D eigenvalue weighted by atomic mass is 10.1. The first-order chi connectivity index (χ1) is 15.7. The molecule has 0 saturated heterocycles. The van der Waals surface area contributed by atoms with Crippen molar-refractivity contribution in [1.82, 2.24) is 14.8 Å². The van der Waals surface area contributed by atoms with Gasteiger partial charge < -0.3 is 5.32 Å². The molecule has 2 heterocycles. The van der Waals surface area contributed by atoms with Crippen molar-refractivity contribution in [3.05, 3.63) is 102 Å². The number of carbonyl (C=O) groups is 1. The van der Waals surface area contributed by atoms with Crippen molar-refractivity contribution in [3.8, 4) is 23.0 Å². The molecule has 4 rings (SSSR count). The Bertz CT molecular complexity index is 1280. The van der Waals surface area contributed by atoms with Gasteiger partial charge in [0.05, 0.1) is 5.69 Å². The van der Waals surface area contributed by atoms with Crippen molar-refractivity contribution in [1.29, 1.82) is 5.26 Å². The summed E-state index contributed by atoms with van der Waals surface area (Å²) in [5.41, 5.74) is 4.84. The van der Waals surface area contributed by atoms with E-state index in [9.17, 15) is 10.1 Å². The zero-order valence-electron chi connectivity index (χ0n) is 17.6. The molecule has 0 saturated carbocycles. The minimum Gasteiger partial charge on any atom is -0.321 e. The highest BCUT2D eigenvalue weighted by Gasteiger charge is 2.15. The number of anilines is 1. The monoisotopic (exact) mass is 419 g/mol. The Hall–Kier alpha value is -4.50. The van der Waals surface area contributed by atoms with Crippen LogP contribution in [-0.4, -0.2) is 20.7 Å². The average molecular weight is 419 g/mol. The summed E-state index contributed by atoms with van der Waals surface area (Å²) >= 11 is 0. The van der Waals surface area contributed by atoms with Crippen LogP contribution in [0.5, 0.6) is 0 Å². The fourth-order valence-corrected chi connectivity index (χ4v) is 3.27. The number of nitrogens with zero attached hydrogens (tertiary/aromatic N) is 4. The number of nitriles is 1. The van der Waals surface area contributed by atoms with Gasteiger partial charge in [0, 0.05) is 35.4 Å². The van der Waals surface area contributed by atoms with E-state index in [2.05, 4.69) is 17.2 Å². The minimum absolute atomic E-state index is 0.00696. The third-order valence-electron chi connectivity index (χ3n) is 5.00. The number of pyridine rings is 1. The molecule has 0 unspecified atom stereocenters. The number of carbonyl (C=O) groups excluding carboxylic acids is 1. The predicted octanol–water partition coefficient (Wildman–Crippen LogP) is 5.04. The number of hydrogen-bond acceptors (Lipinski definition) is 4. The summed E-state index contributed by atoms with van der Waals surface area (Å²) in [6.07, 6.45) is 7.66. The van der Waals surface area contributed by atoms with Crippen molar-refractivity contribution in [2.45, 2.75) is 13.3 Å². The SMILES string of the molecule is CCc1ccc(NC(=O)/C(C#N)=C/c2cn(-c3ccccc3)nc2-c2ccncc2)cc1. The Labute approximate surface area is 186 Å². The molecule has 0 radical (unpaired) electrons. The van der Waals surface area contributed by atoms with Gasteiger partial charge in [-0.1, -0.05) is 37.3 Å². The van der Waals surface area contributed by atoms with E-state index in [-0.39, 0.29) is 5.57 Å². The largest absolute Gasteiger partial charge is 0.321 e. The first-order valence-corrected chi connectivity index (χ1v) is 10.3. The molecule has 0 spiro atoms. The summed E-state index contributed by atoms with van der Waals surface area (Å²) in [5, 5.41) is 17.2.